The molecule has 1 saturated heterocycles. The fourth-order valence-corrected chi connectivity index (χ4v) is 9.78. The average Bonchev–Trinajstić information content (AvgIpc) is 3.63. The number of carbonyl (C=O) groups is 7. The van der Waals surface area contributed by atoms with Crippen LogP contribution in [0.2, 0.25) is 0 Å². The Morgan fingerprint density at radius 1 is 0.731 bits per heavy atom. The Morgan fingerprint density at radius 2 is 1.28 bits per heavy atom. The van der Waals surface area contributed by atoms with Gasteiger partial charge in [0.25, 0.3) is 11.8 Å². The van der Waals surface area contributed by atoms with Gasteiger partial charge in [0, 0.05) is 13.5 Å². The average molecular weight is 950 g/mol. The molecule has 2 unspecified atom stereocenters. The van der Waals surface area contributed by atoms with E-state index in [1.165, 1.54) is 52.5 Å². The first-order chi connectivity index (χ1) is 31.5. The van der Waals surface area contributed by atoms with Crippen LogP contribution in [0.4, 0.5) is 0 Å². The molecule has 4 fully saturated rings. The molecule has 67 heavy (non-hydrogen) atoms. The predicted molar refractivity (Wildman–Crippen MR) is 253 cm³/mol. The van der Waals surface area contributed by atoms with Gasteiger partial charge in [-0.3, -0.25) is 33.6 Å². The summed E-state index contributed by atoms with van der Waals surface area (Å²) in [5.41, 5.74) is 11.6. The number of aliphatic hydroxyl groups is 2. The van der Waals surface area contributed by atoms with Gasteiger partial charge in [-0.2, -0.15) is 0 Å². The van der Waals surface area contributed by atoms with Gasteiger partial charge in [-0.15, -0.1) is 0 Å². The number of amides is 7. The first kappa shape index (κ1) is 57.4. The van der Waals surface area contributed by atoms with Crippen LogP contribution in [0.15, 0.2) is 0 Å². The maximum Gasteiger partial charge on any atom is 0.481 e. The summed E-state index contributed by atoms with van der Waals surface area (Å²) in [5.74, 6) is -5.31. The minimum Gasteiger partial charge on any atom is -0.404 e. The van der Waals surface area contributed by atoms with E-state index in [9.17, 15) is 43.8 Å². The van der Waals surface area contributed by atoms with Crippen LogP contribution in [-0.2, 0) is 42.9 Å². The molecule has 0 spiro atoms. The van der Waals surface area contributed by atoms with Gasteiger partial charge in [0.1, 0.15) is 18.1 Å². The van der Waals surface area contributed by atoms with Crippen molar-refractivity contribution in [3.8, 4) is 0 Å². The number of nitrogens with zero attached hydrogens (tertiary/aromatic N) is 1. The Bertz CT molecular complexity index is 1670. The van der Waals surface area contributed by atoms with Crippen LogP contribution in [-0.4, -0.2) is 138 Å². The smallest absolute Gasteiger partial charge is 0.404 e. The van der Waals surface area contributed by atoms with Crippen LogP contribution in [0.3, 0.4) is 0 Å². The first-order valence-corrected chi connectivity index (χ1v) is 24.7. The van der Waals surface area contributed by atoms with E-state index in [-0.39, 0.29) is 30.3 Å². The van der Waals surface area contributed by atoms with E-state index in [2.05, 4.69) is 59.6 Å². The van der Waals surface area contributed by atoms with Crippen molar-refractivity contribution in [2.75, 3.05) is 20.2 Å². The SMILES string of the molecule is CCCCCCCCCCCCCC(=O)N[C@H](CO)C(=O)N[C@H](N)C(=O)NCC(=O)N(C)[C@H](C(=O)N[C@@H](N)C(=O)N[C@@H](CC(C)C)C(=O)N[C@@H](C)B1OC2C[C@@H]3C[C@@H](C3(C)C)[C@]2(C)O1)C(C)O. The van der Waals surface area contributed by atoms with E-state index in [0.717, 1.165) is 43.4 Å². The summed E-state index contributed by atoms with van der Waals surface area (Å²) >= 11 is 0. The highest BCUT2D eigenvalue weighted by molar-refractivity contribution is 6.47. The summed E-state index contributed by atoms with van der Waals surface area (Å²) in [4.78, 5) is 92.3. The lowest BCUT2D eigenvalue weighted by molar-refractivity contribution is -0.199. The molecular formula is C46H84BN9O11. The Hall–Kier alpha value is -3.89. The Kier molecular flexibility index (Phi) is 22.9. The van der Waals surface area contributed by atoms with Gasteiger partial charge in [0.15, 0.2) is 12.3 Å². The van der Waals surface area contributed by atoms with Gasteiger partial charge < -0.3 is 67.8 Å². The van der Waals surface area contributed by atoms with Crippen molar-refractivity contribution in [3.63, 3.8) is 0 Å². The normalized spacial score (nSPS) is 23.5. The molecule has 3 aliphatic carbocycles. The summed E-state index contributed by atoms with van der Waals surface area (Å²) in [6.45, 7) is 14.1. The zero-order valence-electron chi connectivity index (χ0n) is 41.6. The summed E-state index contributed by atoms with van der Waals surface area (Å²) in [6, 6.07) is -4.00. The molecule has 1 aliphatic heterocycles. The van der Waals surface area contributed by atoms with Gasteiger partial charge >= 0.3 is 7.12 Å². The third-order valence-electron chi connectivity index (χ3n) is 14.0. The van der Waals surface area contributed by atoms with Gasteiger partial charge in [-0.1, -0.05) is 98.8 Å². The molecule has 3 saturated carbocycles. The molecule has 0 aromatic heterocycles. The standard InChI is InChI=1S/C46H84BN9O11/c1-10-11-12-13-14-15-16-17-18-19-20-21-35(59)52-32(26-57)41(62)54-38(48)43(64)50-25-36(60)56(9)37(28(4)58)42(63)55-39(49)44(65)53-31(22-27(2)3)40(61)51-29(5)47-66-34-24-30-23-33(45(30,6)7)46(34,8)67-47/h27-34,37-39,57-58H,10-26,48-49H2,1-9H3,(H,50,64)(H,51,61)(H,52,59)(H,53,65)(H,54,62)(H,55,63)/t28?,29-,30-,31-,32+,33-,34?,37-,38-,39+,46-/m0/s1. The molecule has 0 aromatic rings. The van der Waals surface area contributed by atoms with Gasteiger partial charge in [0.2, 0.25) is 29.5 Å². The van der Waals surface area contributed by atoms with Gasteiger partial charge in [0.05, 0.1) is 36.9 Å². The van der Waals surface area contributed by atoms with E-state index in [0.29, 0.717) is 18.3 Å². The molecule has 20 nitrogen and oxygen atoms in total. The van der Waals surface area contributed by atoms with Crippen LogP contribution in [0, 0.1) is 23.2 Å². The second-order valence-electron chi connectivity index (χ2n) is 20.3. The van der Waals surface area contributed by atoms with Crippen LogP contribution >= 0.6 is 0 Å². The molecule has 382 valence electrons. The van der Waals surface area contributed by atoms with Crippen LogP contribution in [0.25, 0.3) is 0 Å². The van der Waals surface area contributed by atoms with Crippen LogP contribution < -0.4 is 43.4 Å². The maximum atomic E-state index is 13.6. The quantitative estimate of drug-likeness (QED) is 0.0268. The number of hydrogen-bond acceptors (Lipinski definition) is 13. The lowest BCUT2D eigenvalue weighted by atomic mass is 9.43. The fraction of sp³-hybridized carbons (Fsp3) is 0.848. The molecule has 0 aromatic carbocycles. The Labute approximate surface area is 398 Å². The monoisotopic (exact) mass is 950 g/mol. The second kappa shape index (κ2) is 26.8. The van der Waals surface area contributed by atoms with Crippen molar-refractivity contribution in [1.82, 2.24) is 36.8 Å². The van der Waals surface area contributed by atoms with E-state index in [4.69, 9.17) is 20.8 Å². The summed E-state index contributed by atoms with van der Waals surface area (Å²) in [5, 5.41) is 35.0. The van der Waals surface area contributed by atoms with Crippen molar-refractivity contribution in [3.05, 3.63) is 0 Å². The Balaban J connectivity index is 1.43. The van der Waals surface area contributed by atoms with Gasteiger partial charge in [-0.25, -0.2) is 0 Å². The van der Waals surface area contributed by atoms with Crippen molar-refractivity contribution < 1.29 is 53.1 Å². The highest BCUT2D eigenvalue weighted by atomic mass is 16.7. The lowest BCUT2D eigenvalue weighted by Crippen LogP contribution is -2.65. The summed E-state index contributed by atoms with van der Waals surface area (Å²) < 4.78 is 12.8. The largest absolute Gasteiger partial charge is 0.481 e. The first-order valence-electron chi connectivity index (χ1n) is 24.7. The molecule has 7 amide bonds. The molecule has 4 rings (SSSR count). The van der Waals surface area contributed by atoms with Crippen molar-refractivity contribution in [1.29, 1.82) is 0 Å². The number of carbonyl (C=O) groups excluding carboxylic acids is 7. The maximum absolute atomic E-state index is 13.6. The van der Waals surface area contributed by atoms with Crippen molar-refractivity contribution >= 4 is 48.5 Å². The van der Waals surface area contributed by atoms with Crippen LogP contribution in [0.5, 0.6) is 0 Å². The van der Waals surface area contributed by atoms with Crippen LogP contribution in [0.1, 0.15) is 152 Å². The second-order valence-corrected chi connectivity index (χ2v) is 20.3. The molecule has 11 atom stereocenters. The minimum atomic E-state index is -1.70. The molecule has 0 radical (unpaired) electrons. The summed E-state index contributed by atoms with van der Waals surface area (Å²) in [6.07, 6.45) is 9.69. The van der Waals surface area contributed by atoms with Crippen molar-refractivity contribution in [2.45, 2.75) is 206 Å². The van der Waals surface area contributed by atoms with E-state index in [1.807, 2.05) is 13.8 Å². The number of nitrogens with two attached hydrogens (primary N) is 2. The third-order valence-corrected chi connectivity index (χ3v) is 14.0. The fourth-order valence-electron chi connectivity index (χ4n) is 9.78. The molecule has 4 aliphatic rings. The molecule has 12 N–H and O–H groups in total. The molecule has 21 heteroatoms. The number of likely N-dealkylation sites (N-methyl/N-ethyl adjacent to an activating group) is 1. The molecule has 2 bridgehead atoms. The minimum absolute atomic E-state index is 0.0310. The zero-order chi connectivity index (χ0) is 50.2. The number of unbranched alkanes of at least 4 members (excludes halogenated alkanes) is 10. The topological polar surface area (TPSA) is 306 Å². The number of nitrogens with one attached hydrogen (secondary N) is 6. The van der Waals surface area contributed by atoms with E-state index in [1.54, 1.807) is 6.92 Å². The zero-order valence-corrected chi connectivity index (χ0v) is 41.6. The summed E-state index contributed by atoms with van der Waals surface area (Å²) in [7, 11) is 0.498. The highest BCUT2D eigenvalue weighted by Gasteiger charge is 2.68. The predicted octanol–water partition coefficient (Wildman–Crippen LogP) is 0.594. The third kappa shape index (κ3) is 16.4. The number of aliphatic hydroxyl groups excluding tert-OH is 2. The Morgan fingerprint density at radius 3 is 1.84 bits per heavy atom. The molecular weight excluding hydrogens is 865 g/mol. The lowest BCUT2D eigenvalue weighted by Gasteiger charge is -2.64. The van der Waals surface area contributed by atoms with Crippen molar-refractivity contribution in [2.24, 2.45) is 34.6 Å². The number of rotatable bonds is 30. The van der Waals surface area contributed by atoms with E-state index < -0.39 is 110 Å². The highest BCUT2D eigenvalue weighted by Crippen LogP contribution is 2.65. The van der Waals surface area contributed by atoms with Gasteiger partial charge in [-0.05, 0) is 69.6 Å². The van der Waals surface area contributed by atoms with E-state index >= 15 is 0 Å². The number of hydrogen-bond donors (Lipinski definition) is 10. The molecule has 1 heterocycles.